The summed E-state index contributed by atoms with van der Waals surface area (Å²) in [5.41, 5.74) is 1.87. The number of hydrogen-bond acceptors (Lipinski definition) is 6. The van der Waals surface area contributed by atoms with Crippen LogP contribution in [0, 0.1) is 6.92 Å². The van der Waals surface area contributed by atoms with Crippen LogP contribution in [0.15, 0.2) is 35.7 Å². The van der Waals surface area contributed by atoms with Crippen molar-refractivity contribution in [1.82, 2.24) is 19.7 Å². The van der Waals surface area contributed by atoms with E-state index in [9.17, 15) is 22.8 Å². The maximum atomic E-state index is 12.9. The summed E-state index contributed by atoms with van der Waals surface area (Å²) in [5.74, 6) is -0.589. The van der Waals surface area contributed by atoms with E-state index >= 15 is 0 Å². The van der Waals surface area contributed by atoms with E-state index in [1.54, 1.807) is 10.3 Å². The molecule has 1 saturated heterocycles. The number of thiazole rings is 1. The minimum absolute atomic E-state index is 0.106. The van der Waals surface area contributed by atoms with E-state index in [2.05, 4.69) is 16.1 Å². The highest BCUT2D eigenvalue weighted by atomic mass is 32.1. The van der Waals surface area contributed by atoms with Crippen LogP contribution in [0.25, 0.3) is 0 Å². The summed E-state index contributed by atoms with van der Waals surface area (Å²) in [6.45, 7) is 2.20. The number of amides is 1. The summed E-state index contributed by atoms with van der Waals surface area (Å²) in [4.78, 5) is 31.7. The first-order valence-corrected chi connectivity index (χ1v) is 13.2. The average Bonchev–Trinajstić information content (AvgIpc) is 3.52. The molecule has 0 N–H and O–H groups in total. The average molecular weight is 533 g/mol. The second-order valence-electron chi connectivity index (χ2n) is 9.54. The fraction of sp³-hybridized carbons (Fsp3) is 0.462. The van der Waals surface area contributed by atoms with Gasteiger partial charge < -0.3 is 9.64 Å². The number of aromatic nitrogens is 3. The number of piperidine rings is 1. The van der Waals surface area contributed by atoms with Gasteiger partial charge in [0.05, 0.1) is 5.01 Å². The highest BCUT2D eigenvalue weighted by Gasteiger charge is 2.35. The quantitative estimate of drug-likeness (QED) is 0.417. The number of rotatable bonds is 5. The van der Waals surface area contributed by atoms with E-state index in [-0.39, 0.29) is 30.2 Å². The van der Waals surface area contributed by atoms with E-state index in [0.717, 1.165) is 40.6 Å². The van der Waals surface area contributed by atoms with Gasteiger partial charge in [0.1, 0.15) is 12.6 Å². The Kier molecular flexibility index (Phi) is 7.06. The van der Waals surface area contributed by atoms with Gasteiger partial charge in [0.25, 0.3) is 0 Å². The molecule has 1 atom stereocenters. The van der Waals surface area contributed by atoms with Crippen molar-refractivity contribution in [2.45, 2.75) is 63.8 Å². The molecule has 3 aromatic rings. The van der Waals surface area contributed by atoms with Crippen molar-refractivity contribution in [2.24, 2.45) is 0 Å². The molecule has 2 aliphatic rings. The van der Waals surface area contributed by atoms with Crippen LogP contribution in [0.4, 0.5) is 13.2 Å². The van der Waals surface area contributed by atoms with E-state index in [4.69, 9.17) is 4.74 Å². The Balaban J connectivity index is 1.15. The zero-order valence-corrected chi connectivity index (χ0v) is 21.1. The number of esters is 1. The van der Waals surface area contributed by atoms with Gasteiger partial charge in [-0.25, -0.2) is 9.78 Å². The van der Waals surface area contributed by atoms with Crippen LogP contribution in [0.5, 0.6) is 0 Å². The van der Waals surface area contributed by atoms with Crippen LogP contribution in [0.3, 0.4) is 0 Å². The van der Waals surface area contributed by atoms with Gasteiger partial charge in [0.15, 0.2) is 11.4 Å². The largest absolute Gasteiger partial charge is 0.453 e. The highest BCUT2D eigenvalue weighted by Crippen LogP contribution is 2.34. The number of aryl methyl sites for hydroxylation is 2. The van der Waals surface area contributed by atoms with Gasteiger partial charge in [-0.1, -0.05) is 24.3 Å². The van der Waals surface area contributed by atoms with Gasteiger partial charge in [-0.15, -0.1) is 11.3 Å². The van der Waals surface area contributed by atoms with Gasteiger partial charge >= 0.3 is 12.1 Å². The number of halogens is 3. The molecule has 37 heavy (non-hydrogen) atoms. The van der Waals surface area contributed by atoms with Crippen molar-refractivity contribution in [3.8, 4) is 0 Å². The van der Waals surface area contributed by atoms with E-state index in [1.807, 2.05) is 18.2 Å². The van der Waals surface area contributed by atoms with Crippen LogP contribution in [-0.2, 0) is 28.7 Å². The second kappa shape index (κ2) is 10.3. The predicted octanol–water partition coefficient (Wildman–Crippen LogP) is 5.31. The summed E-state index contributed by atoms with van der Waals surface area (Å²) < 4.78 is 45.6. The number of ether oxygens (including phenoxy) is 1. The van der Waals surface area contributed by atoms with Gasteiger partial charge in [0, 0.05) is 30.1 Å². The fourth-order valence-electron chi connectivity index (χ4n) is 5.00. The molecular weight excluding hydrogens is 505 g/mol. The van der Waals surface area contributed by atoms with Crippen molar-refractivity contribution in [2.75, 3.05) is 13.1 Å². The molecule has 0 radical (unpaired) electrons. The maximum Gasteiger partial charge on any atom is 0.435 e. The van der Waals surface area contributed by atoms with Crippen molar-refractivity contribution < 1.29 is 27.5 Å². The van der Waals surface area contributed by atoms with Crippen molar-refractivity contribution in [3.05, 3.63) is 68.9 Å². The van der Waals surface area contributed by atoms with Gasteiger partial charge in [0.2, 0.25) is 5.91 Å². The molecule has 5 rings (SSSR count). The maximum absolute atomic E-state index is 12.9. The van der Waals surface area contributed by atoms with Crippen molar-refractivity contribution in [1.29, 1.82) is 0 Å². The lowest BCUT2D eigenvalue weighted by molar-refractivity contribution is -0.142. The van der Waals surface area contributed by atoms with E-state index in [1.165, 1.54) is 23.8 Å². The molecular formula is C26H27F3N4O3S. The molecule has 11 heteroatoms. The third kappa shape index (κ3) is 5.56. The number of carbonyl (C=O) groups is 2. The minimum atomic E-state index is -4.54. The Bertz CT molecular complexity index is 1290. The topological polar surface area (TPSA) is 77.3 Å². The molecule has 0 bridgehead atoms. The molecule has 0 saturated carbocycles. The smallest absolute Gasteiger partial charge is 0.435 e. The lowest BCUT2D eigenvalue weighted by Gasteiger charge is -2.31. The molecule has 1 aliphatic heterocycles. The second-order valence-corrected chi connectivity index (χ2v) is 10.4. The first-order chi connectivity index (χ1) is 17.7. The summed E-state index contributed by atoms with van der Waals surface area (Å²) in [7, 11) is 0. The predicted molar refractivity (Wildman–Crippen MR) is 130 cm³/mol. The first-order valence-electron chi connectivity index (χ1n) is 12.3. The molecule has 1 aliphatic carbocycles. The number of nitrogens with zero attached hydrogens (tertiary/aromatic N) is 4. The number of hydrogen-bond donors (Lipinski definition) is 0. The van der Waals surface area contributed by atoms with Crippen LogP contribution in [0.1, 0.15) is 75.7 Å². The number of likely N-dealkylation sites (tertiary alicyclic amines) is 1. The van der Waals surface area contributed by atoms with Crippen LogP contribution >= 0.6 is 11.3 Å². The molecule has 0 spiro atoms. The Labute approximate surface area is 216 Å². The third-order valence-corrected chi connectivity index (χ3v) is 8.06. The van der Waals surface area contributed by atoms with Crippen LogP contribution in [0.2, 0.25) is 0 Å². The van der Waals surface area contributed by atoms with Gasteiger partial charge in [-0.2, -0.15) is 18.3 Å². The number of alkyl halides is 3. The lowest BCUT2D eigenvalue weighted by Crippen LogP contribution is -2.40. The normalized spacial score (nSPS) is 18.5. The Morgan fingerprint density at radius 3 is 2.65 bits per heavy atom. The first kappa shape index (κ1) is 25.4. The van der Waals surface area contributed by atoms with Crippen LogP contribution < -0.4 is 0 Å². The molecule has 7 nitrogen and oxygen atoms in total. The van der Waals surface area contributed by atoms with Gasteiger partial charge in [-0.05, 0) is 56.2 Å². The fourth-order valence-corrected chi connectivity index (χ4v) is 5.96. The Morgan fingerprint density at radius 2 is 1.92 bits per heavy atom. The minimum Gasteiger partial charge on any atom is -0.453 e. The zero-order valence-electron chi connectivity index (χ0n) is 20.3. The molecule has 3 heterocycles. The van der Waals surface area contributed by atoms with E-state index in [0.29, 0.717) is 31.6 Å². The zero-order chi connectivity index (χ0) is 26.2. The SMILES string of the molecule is Cc1cc(C(F)(F)F)nn1CC(=O)N1CCC(c2nc(C(=O)OC3CCCc4ccccc43)cs2)CC1. The van der Waals surface area contributed by atoms with E-state index < -0.39 is 17.8 Å². The summed E-state index contributed by atoms with van der Waals surface area (Å²) >= 11 is 1.42. The molecule has 2 aromatic heterocycles. The summed E-state index contributed by atoms with van der Waals surface area (Å²) in [6.07, 6.45) is -0.729. The van der Waals surface area contributed by atoms with Crippen molar-refractivity contribution in [3.63, 3.8) is 0 Å². The number of benzene rings is 1. The molecule has 1 amide bonds. The molecule has 1 aromatic carbocycles. The molecule has 1 unspecified atom stereocenters. The van der Waals surface area contributed by atoms with Crippen molar-refractivity contribution >= 4 is 23.2 Å². The summed E-state index contributed by atoms with van der Waals surface area (Å²) in [5, 5.41) is 6.10. The highest BCUT2D eigenvalue weighted by molar-refractivity contribution is 7.09. The molecule has 1 fully saturated rings. The van der Waals surface area contributed by atoms with Crippen LogP contribution in [-0.4, -0.2) is 44.6 Å². The third-order valence-electron chi connectivity index (χ3n) is 7.05. The standard InChI is InChI=1S/C26H27F3N4O3S/c1-16-13-22(26(27,28)29)31-33(16)14-23(34)32-11-9-18(10-12-32)24-30-20(15-37-24)25(35)36-21-8-4-6-17-5-2-3-7-19(17)21/h2-3,5,7,13,15,18,21H,4,6,8-12,14H2,1H3. The van der Waals surface area contributed by atoms with Gasteiger partial charge in [-0.3, -0.25) is 9.48 Å². The lowest BCUT2D eigenvalue weighted by atomic mass is 9.89. The molecule has 196 valence electrons. The Morgan fingerprint density at radius 1 is 1.16 bits per heavy atom. The monoisotopic (exact) mass is 532 g/mol. The summed E-state index contributed by atoms with van der Waals surface area (Å²) in [6, 6.07) is 8.98. The number of fused-ring (bicyclic) bond motifs is 1. The Hall–Kier alpha value is -3.21. The number of carbonyl (C=O) groups excluding carboxylic acids is 2.